The topological polar surface area (TPSA) is 49.3 Å². The molecule has 1 saturated heterocycles. The molecule has 0 bridgehead atoms. The molecule has 1 fully saturated rings. The fourth-order valence-electron chi connectivity index (χ4n) is 2.78. The highest BCUT2D eigenvalue weighted by Gasteiger charge is 2.35. The van der Waals surface area contributed by atoms with Gasteiger partial charge in [0.15, 0.2) is 5.78 Å². The number of hydrogen-bond acceptors (Lipinski definition) is 5. The molecule has 3 rings (SSSR count). The summed E-state index contributed by atoms with van der Waals surface area (Å²) in [6.07, 6.45) is 3.52. The van der Waals surface area contributed by atoms with Crippen LogP contribution in [0.5, 0.6) is 0 Å². The quantitative estimate of drug-likeness (QED) is 0.834. The number of carbonyl (C=O) groups is 1. The number of aryl methyl sites for hydroxylation is 1. The van der Waals surface area contributed by atoms with Crippen molar-refractivity contribution in [3.8, 4) is 0 Å². The molecule has 0 N–H and O–H groups in total. The van der Waals surface area contributed by atoms with E-state index in [2.05, 4.69) is 9.97 Å². The molecule has 2 heterocycles. The highest BCUT2D eigenvalue weighted by atomic mass is 35.5. The maximum Gasteiger partial charge on any atom is 0.225 e. The molecule has 1 aromatic carbocycles. The van der Waals surface area contributed by atoms with Crippen LogP contribution in [-0.2, 0) is 11.3 Å². The maximum atomic E-state index is 12.4. The van der Waals surface area contributed by atoms with Gasteiger partial charge in [-0.25, -0.2) is 9.97 Å². The van der Waals surface area contributed by atoms with Gasteiger partial charge >= 0.3 is 0 Å². The molecular weight excluding hydrogens is 347 g/mol. The molecule has 0 spiro atoms. The van der Waals surface area contributed by atoms with E-state index >= 15 is 0 Å². The van der Waals surface area contributed by atoms with E-state index in [0.29, 0.717) is 35.6 Å². The first-order valence-electron chi connectivity index (χ1n) is 7.64. The van der Waals surface area contributed by atoms with Crippen molar-refractivity contribution in [2.45, 2.75) is 19.5 Å². The number of ketones is 1. The molecule has 7 heteroatoms. The standard InChI is InChI=1S/C17H18Cl2N4O/c1-11-6-20-17(21-7-11)23-9-15(16(24)10-23)22(2)8-12-3-4-13(18)5-14(12)19/h3-7,15H,8-10H2,1-2H3. The second-order valence-electron chi connectivity index (χ2n) is 6.07. The lowest BCUT2D eigenvalue weighted by Gasteiger charge is -2.24. The van der Waals surface area contributed by atoms with Crippen LogP contribution in [0.1, 0.15) is 11.1 Å². The Morgan fingerprint density at radius 2 is 2.00 bits per heavy atom. The molecule has 1 aromatic heterocycles. The number of Topliss-reactive ketones (excluding diaryl/α,β-unsaturated/α-hetero) is 1. The van der Waals surface area contributed by atoms with E-state index in [9.17, 15) is 4.79 Å². The van der Waals surface area contributed by atoms with E-state index in [-0.39, 0.29) is 11.8 Å². The minimum Gasteiger partial charge on any atom is -0.331 e. The van der Waals surface area contributed by atoms with Crippen molar-refractivity contribution in [1.82, 2.24) is 14.9 Å². The van der Waals surface area contributed by atoms with Crippen LogP contribution in [0, 0.1) is 6.92 Å². The predicted octanol–water partition coefficient (Wildman–Crippen LogP) is 2.98. The summed E-state index contributed by atoms with van der Waals surface area (Å²) in [4.78, 5) is 24.9. The van der Waals surface area contributed by atoms with E-state index < -0.39 is 0 Å². The minimum atomic E-state index is -0.207. The monoisotopic (exact) mass is 364 g/mol. The minimum absolute atomic E-state index is 0.159. The Kier molecular flexibility index (Phi) is 5.04. The fourth-order valence-corrected chi connectivity index (χ4v) is 3.25. The lowest BCUT2D eigenvalue weighted by Crippen LogP contribution is -2.38. The number of likely N-dealkylation sites (N-methyl/N-ethyl adjacent to an activating group) is 1. The van der Waals surface area contributed by atoms with Gasteiger partial charge in [-0.1, -0.05) is 29.3 Å². The second-order valence-corrected chi connectivity index (χ2v) is 6.92. The molecule has 1 aliphatic heterocycles. The number of carbonyl (C=O) groups excluding carboxylic acids is 1. The molecule has 1 atom stereocenters. The number of aromatic nitrogens is 2. The Morgan fingerprint density at radius 1 is 1.29 bits per heavy atom. The third-order valence-electron chi connectivity index (χ3n) is 4.13. The molecule has 5 nitrogen and oxygen atoms in total. The average Bonchev–Trinajstić information content (AvgIpc) is 2.93. The summed E-state index contributed by atoms with van der Waals surface area (Å²) in [5.41, 5.74) is 1.94. The van der Waals surface area contributed by atoms with Crippen LogP contribution in [0.25, 0.3) is 0 Å². The van der Waals surface area contributed by atoms with Crippen molar-refractivity contribution in [1.29, 1.82) is 0 Å². The third-order valence-corrected chi connectivity index (χ3v) is 4.72. The van der Waals surface area contributed by atoms with Gasteiger partial charge in [0.05, 0.1) is 12.6 Å². The lowest BCUT2D eigenvalue weighted by molar-refractivity contribution is -0.120. The maximum absolute atomic E-state index is 12.4. The third kappa shape index (κ3) is 3.69. The highest BCUT2D eigenvalue weighted by Crippen LogP contribution is 2.24. The van der Waals surface area contributed by atoms with Crippen LogP contribution in [0.4, 0.5) is 5.95 Å². The van der Waals surface area contributed by atoms with Crippen molar-refractivity contribution >= 4 is 34.9 Å². The van der Waals surface area contributed by atoms with Crippen LogP contribution in [0.3, 0.4) is 0 Å². The molecule has 0 radical (unpaired) electrons. The van der Waals surface area contributed by atoms with Gasteiger partial charge in [-0.05, 0) is 37.2 Å². The first-order valence-corrected chi connectivity index (χ1v) is 8.40. The van der Waals surface area contributed by atoms with Gasteiger partial charge in [-0.3, -0.25) is 9.69 Å². The van der Waals surface area contributed by atoms with E-state index in [1.807, 2.05) is 29.8 Å². The molecule has 126 valence electrons. The van der Waals surface area contributed by atoms with Gasteiger partial charge in [-0.15, -0.1) is 0 Å². The first-order chi connectivity index (χ1) is 11.4. The van der Waals surface area contributed by atoms with Crippen molar-refractivity contribution in [2.75, 3.05) is 25.0 Å². The van der Waals surface area contributed by atoms with Gasteiger partial charge in [-0.2, -0.15) is 0 Å². The Balaban J connectivity index is 1.70. The molecule has 2 aromatic rings. The Morgan fingerprint density at radius 3 is 2.67 bits per heavy atom. The fraction of sp³-hybridized carbons (Fsp3) is 0.353. The summed E-state index contributed by atoms with van der Waals surface area (Å²) in [6.45, 7) is 3.41. The van der Waals surface area contributed by atoms with Crippen LogP contribution < -0.4 is 4.90 Å². The van der Waals surface area contributed by atoms with E-state index in [4.69, 9.17) is 23.2 Å². The summed E-state index contributed by atoms with van der Waals surface area (Å²) < 4.78 is 0. The Bertz CT molecular complexity index is 751. The summed E-state index contributed by atoms with van der Waals surface area (Å²) >= 11 is 12.2. The Hall–Kier alpha value is -1.69. The predicted molar refractivity (Wildman–Crippen MR) is 95.7 cm³/mol. The van der Waals surface area contributed by atoms with E-state index in [1.54, 1.807) is 24.5 Å². The molecule has 1 unspecified atom stereocenters. The summed E-state index contributed by atoms with van der Waals surface area (Å²) in [6, 6.07) is 5.21. The highest BCUT2D eigenvalue weighted by molar-refractivity contribution is 6.35. The second kappa shape index (κ2) is 7.05. The normalized spacial score (nSPS) is 17.8. The number of nitrogens with zero attached hydrogens (tertiary/aromatic N) is 4. The number of halogens is 2. The van der Waals surface area contributed by atoms with Crippen LogP contribution in [-0.4, -0.2) is 46.8 Å². The summed E-state index contributed by atoms with van der Waals surface area (Å²) in [5, 5.41) is 1.21. The molecule has 0 amide bonds. The summed E-state index contributed by atoms with van der Waals surface area (Å²) in [5.74, 6) is 0.751. The molecular formula is C17H18Cl2N4O. The van der Waals surface area contributed by atoms with Crippen molar-refractivity contribution < 1.29 is 4.79 Å². The van der Waals surface area contributed by atoms with Gasteiger partial charge in [0, 0.05) is 35.5 Å². The first kappa shape index (κ1) is 17.1. The van der Waals surface area contributed by atoms with Crippen LogP contribution >= 0.6 is 23.2 Å². The average molecular weight is 365 g/mol. The zero-order valence-electron chi connectivity index (χ0n) is 13.5. The smallest absolute Gasteiger partial charge is 0.225 e. The molecule has 1 aliphatic rings. The zero-order chi connectivity index (χ0) is 17.3. The largest absolute Gasteiger partial charge is 0.331 e. The van der Waals surface area contributed by atoms with Crippen molar-refractivity contribution in [3.63, 3.8) is 0 Å². The van der Waals surface area contributed by atoms with Crippen LogP contribution in [0.2, 0.25) is 10.0 Å². The summed E-state index contributed by atoms with van der Waals surface area (Å²) in [7, 11) is 1.92. The number of hydrogen-bond donors (Lipinski definition) is 0. The molecule has 24 heavy (non-hydrogen) atoms. The van der Waals surface area contributed by atoms with Crippen LogP contribution in [0.15, 0.2) is 30.6 Å². The number of benzene rings is 1. The number of anilines is 1. The van der Waals surface area contributed by atoms with Crippen molar-refractivity contribution in [2.24, 2.45) is 0 Å². The number of rotatable bonds is 4. The van der Waals surface area contributed by atoms with E-state index in [0.717, 1.165) is 11.1 Å². The van der Waals surface area contributed by atoms with E-state index in [1.165, 1.54) is 0 Å². The Labute approximate surface area is 151 Å². The van der Waals surface area contributed by atoms with Gasteiger partial charge < -0.3 is 4.90 Å². The van der Waals surface area contributed by atoms with Gasteiger partial charge in [0.25, 0.3) is 0 Å². The van der Waals surface area contributed by atoms with Gasteiger partial charge in [0.1, 0.15) is 0 Å². The van der Waals surface area contributed by atoms with Gasteiger partial charge in [0.2, 0.25) is 5.95 Å². The molecule has 0 saturated carbocycles. The SMILES string of the molecule is Cc1cnc(N2CC(=O)C(N(C)Cc3ccc(Cl)cc3Cl)C2)nc1. The lowest BCUT2D eigenvalue weighted by atomic mass is 10.1. The molecule has 0 aliphatic carbocycles. The van der Waals surface area contributed by atoms with Crippen molar-refractivity contribution in [3.05, 3.63) is 51.8 Å². The zero-order valence-corrected chi connectivity index (χ0v) is 15.1.